The Morgan fingerprint density at radius 2 is 1.95 bits per heavy atom. The van der Waals surface area contributed by atoms with Gasteiger partial charge in [0, 0.05) is 32.7 Å². The van der Waals surface area contributed by atoms with E-state index in [0.29, 0.717) is 21.2 Å². The lowest BCUT2D eigenvalue weighted by atomic mass is 10.1. The van der Waals surface area contributed by atoms with Crippen molar-refractivity contribution >= 4 is 34.0 Å². The largest absolute Gasteiger partial charge is 0.388 e. The normalized spacial score (nSPS) is 13.4. The molecule has 0 aromatic heterocycles. The first-order valence-corrected chi connectivity index (χ1v) is 8.56. The predicted octanol–water partition coefficient (Wildman–Crippen LogP) is 3.14. The molecule has 2 aromatic rings. The van der Waals surface area contributed by atoms with Gasteiger partial charge in [-0.15, -0.1) is 0 Å². The van der Waals surface area contributed by atoms with Gasteiger partial charge in [0.05, 0.1) is 12.5 Å². The number of aliphatic hydroxyl groups excluding tert-OH is 1. The van der Waals surface area contributed by atoms with Crippen LogP contribution < -0.4 is 5.32 Å². The monoisotopic (exact) mass is 337 g/mol. The number of hydrogen-bond acceptors (Lipinski definition) is 3. The molecular weight excluding hydrogens is 322 g/mol. The van der Waals surface area contributed by atoms with Crippen LogP contribution in [-0.2, 0) is 15.6 Å². The molecule has 2 atom stereocenters. The smallest absolute Gasteiger partial charge is 0.227 e. The van der Waals surface area contributed by atoms with Crippen molar-refractivity contribution in [2.75, 3.05) is 11.6 Å². The van der Waals surface area contributed by atoms with Crippen LogP contribution in [0.4, 0.5) is 5.69 Å². The third-order valence-corrected chi connectivity index (χ3v) is 4.25. The van der Waals surface area contributed by atoms with Crippen molar-refractivity contribution < 1.29 is 14.1 Å². The van der Waals surface area contributed by atoms with E-state index in [4.69, 9.17) is 11.6 Å². The SMILES string of the molecule is C[S@@](=O)c1cccc(NC(=O)C[C@H](O)c2ccc(Cl)cc2)c1. The molecule has 22 heavy (non-hydrogen) atoms. The molecule has 0 saturated heterocycles. The van der Waals surface area contributed by atoms with Crippen molar-refractivity contribution in [2.45, 2.75) is 17.4 Å². The molecule has 0 saturated carbocycles. The number of anilines is 1. The number of hydrogen-bond donors (Lipinski definition) is 2. The molecule has 0 aliphatic heterocycles. The maximum Gasteiger partial charge on any atom is 0.227 e. The number of carbonyl (C=O) groups excluding carboxylic acids is 1. The second-order valence-corrected chi connectivity index (χ2v) is 6.62. The van der Waals surface area contributed by atoms with Gasteiger partial charge < -0.3 is 10.4 Å². The molecule has 0 aliphatic rings. The van der Waals surface area contributed by atoms with Gasteiger partial charge in [0.25, 0.3) is 0 Å². The van der Waals surface area contributed by atoms with E-state index in [0.717, 1.165) is 0 Å². The number of aliphatic hydroxyl groups is 1. The number of rotatable bonds is 5. The van der Waals surface area contributed by atoms with Gasteiger partial charge in [0.15, 0.2) is 0 Å². The van der Waals surface area contributed by atoms with Crippen molar-refractivity contribution in [2.24, 2.45) is 0 Å². The van der Waals surface area contributed by atoms with Crippen molar-refractivity contribution in [3.8, 4) is 0 Å². The first kappa shape index (κ1) is 16.7. The topological polar surface area (TPSA) is 66.4 Å². The fraction of sp³-hybridized carbons (Fsp3) is 0.188. The number of amides is 1. The number of nitrogens with one attached hydrogen (secondary N) is 1. The van der Waals surface area contributed by atoms with Crippen LogP contribution >= 0.6 is 11.6 Å². The molecule has 1 amide bonds. The highest BCUT2D eigenvalue weighted by molar-refractivity contribution is 7.84. The average molecular weight is 338 g/mol. The summed E-state index contributed by atoms with van der Waals surface area (Å²) in [6, 6.07) is 13.5. The van der Waals surface area contributed by atoms with Gasteiger partial charge in [-0.2, -0.15) is 0 Å². The Bertz CT molecular complexity index is 688. The lowest BCUT2D eigenvalue weighted by Crippen LogP contribution is -2.15. The second-order valence-electron chi connectivity index (χ2n) is 4.80. The molecule has 0 spiro atoms. The van der Waals surface area contributed by atoms with Crippen molar-refractivity contribution in [3.63, 3.8) is 0 Å². The molecule has 0 fully saturated rings. The van der Waals surface area contributed by atoms with E-state index in [1.165, 1.54) is 0 Å². The Hall–Kier alpha value is -1.69. The first-order valence-electron chi connectivity index (χ1n) is 6.62. The minimum atomic E-state index is -1.11. The fourth-order valence-electron chi connectivity index (χ4n) is 1.94. The van der Waals surface area contributed by atoms with E-state index < -0.39 is 16.9 Å². The molecular formula is C16H16ClNO3S. The molecule has 2 aromatic carbocycles. The van der Waals surface area contributed by atoms with Crippen LogP contribution in [0.1, 0.15) is 18.1 Å². The number of benzene rings is 2. The van der Waals surface area contributed by atoms with E-state index in [1.807, 2.05) is 0 Å². The zero-order valence-electron chi connectivity index (χ0n) is 12.0. The Balaban J connectivity index is 1.99. The lowest BCUT2D eigenvalue weighted by Gasteiger charge is -2.12. The number of halogens is 1. The van der Waals surface area contributed by atoms with E-state index in [-0.39, 0.29) is 12.3 Å². The standard InChI is InChI=1S/C16H16ClNO3S/c1-22(21)14-4-2-3-13(9-14)18-16(20)10-15(19)11-5-7-12(17)8-6-11/h2-9,15,19H,10H2,1H3,(H,18,20)/t15-,22+/m0/s1. The van der Waals surface area contributed by atoms with Crippen LogP contribution in [0.5, 0.6) is 0 Å². The highest BCUT2D eigenvalue weighted by atomic mass is 35.5. The van der Waals surface area contributed by atoms with Gasteiger partial charge in [-0.25, -0.2) is 0 Å². The second kappa shape index (κ2) is 7.54. The minimum absolute atomic E-state index is 0.0684. The van der Waals surface area contributed by atoms with Crippen molar-refractivity contribution in [3.05, 3.63) is 59.1 Å². The minimum Gasteiger partial charge on any atom is -0.388 e. The summed E-state index contributed by atoms with van der Waals surface area (Å²) in [6.07, 6.45) is 0.604. The fourth-order valence-corrected chi connectivity index (χ4v) is 2.63. The summed E-state index contributed by atoms with van der Waals surface area (Å²) in [5, 5.41) is 13.3. The summed E-state index contributed by atoms with van der Waals surface area (Å²) in [6.45, 7) is 0. The quantitative estimate of drug-likeness (QED) is 0.880. The zero-order valence-corrected chi connectivity index (χ0v) is 13.5. The van der Waals surface area contributed by atoms with E-state index in [2.05, 4.69) is 5.32 Å². The molecule has 0 heterocycles. The molecule has 4 nitrogen and oxygen atoms in total. The van der Waals surface area contributed by atoms with E-state index >= 15 is 0 Å². The van der Waals surface area contributed by atoms with E-state index in [1.54, 1.807) is 54.8 Å². The molecule has 116 valence electrons. The zero-order chi connectivity index (χ0) is 16.1. The highest BCUT2D eigenvalue weighted by Gasteiger charge is 2.13. The average Bonchev–Trinajstić information content (AvgIpc) is 2.47. The molecule has 0 aliphatic carbocycles. The summed E-state index contributed by atoms with van der Waals surface area (Å²) in [7, 11) is -1.11. The third-order valence-electron chi connectivity index (χ3n) is 3.08. The molecule has 0 bridgehead atoms. The maximum atomic E-state index is 12.0. The maximum absolute atomic E-state index is 12.0. The lowest BCUT2D eigenvalue weighted by molar-refractivity contribution is -0.118. The Morgan fingerprint density at radius 1 is 1.27 bits per heavy atom. The Labute approximate surface area is 136 Å². The van der Waals surface area contributed by atoms with Gasteiger partial charge in [0.1, 0.15) is 0 Å². The van der Waals surface area contributed by atoms with Gasteiger partial charge in [-0.1, -0.05) is 29.8 Å². The summed E-state index contributed by atoms with van der Waals surface area (Å²) < 4.78 is 11.4. The summed E-state index contributed by atoms with van der Waals surface area (Å²) in [5.41, 5.74) is 1.18. The molecule has 2 N–H and O–H groups in total. The molecule has 2 rings (SSSR count). The molecule has 6 heteroatoms. The highest BCUT2D eigenvalue weighted by Crippen LogP contribution is 2.20. The summed E-state index contributed by atoms with van der Waals surface area (Å²) in [4.78, 5) is 12.6. The van der Waals surface area contributed by atoms with Crippen LogP contribution in [0, 0.1) is 0 Å². The number of carbonyl (C=O) groups is 1. The van der Waals surface area contributed by atoms with Crippen LogP contribution in [0.15, 0.2) is 53.4 Å². The van der Waals surface area contributed by atoms with Gasteiger partial charge in [-0.3, -0.25) is 9.00 Å². The van der Waals surface area contributed by atoms with Crippen LogP contribution in [0.2, 0.25) is 5.02 Å². The first-order chi connectivity index (χ1) is 10.5. The van der Waals surface area contributed by atoms with Gasteiger partial charge in [0.2, 0.25) is 5.91 Å². The van der Waals surface area contributed by atoms with Crippen molar-refractivity contribution in [1.82, 2.24) is 0 Å². The van der Waals surface area contributed by atoms with E-state index in [9.17, 15) is 14.1 Å². The van der Waals surface area contributed by atoms with Crippen LogP contribution in [0.3, 0.4) is 0 Å². The Kier molecular flexibility index (Phi) is 5.71. The summed E-state index contributed by atoms with van der Waals surface area (Å²) in [5.74, 6) is -0.318. The van der Waals surface area contributed by atoms with Crippen LogP contribution in [-0.4, -0.2) is 21.5 Å². The Morgan fingerprint density at radius 3 is 2.59 bits per heavy atom. The molecule has 0 radical (unpaired) electrons. The van der Waals surface area contributed by atoms with Gasteiger partial charge in [-0.05, 0) is 35.9 Å². The van der Waals surface area contributed by atoms with Crippen LogP contribution in [0.25, 0.3) is 0 Å². The van der Waals surface area contributed by atoms with Gasteiger partial charge >= 0.3 is 0 Å². The predicted molar refractivity (Wildman–Crippen MR) is 88.4 cm³/mol. The summed E-state index contributed by atoms with van der Waals surface area (Å²) >= 11 is 5.78. The molecule has 0 unspecified atom stereocenters. The third kappa shape index (κ3) is 4.66. The van der Waals surface area contributed by atoms with Crippen molar-refractivity contribution in [1.29, 1.82) is 0 Å².